The number of hydrogen-bond donors (Lipinski definition) is 2. The SMILES string of the molecule is O=C(NC1CCCCCCCCCCC1)C(=O)N1CCN(CCO)CC1. The van der Waals surface area contributed by atoms with Crippen LogP contribution in [0.3, 0.4) is 0 Å². The molecule has 1 heterocycles. The van der Waals surface area contributed by atoms with E-state index >= 15 is 0 Å². The maximum Gasteiger partial charge on any atom is 0.311 e. The van der Waals surface area contributed by atoms with Crippen LogP contribution < -0.4 is 5.32 Å². The summed E-state index contributed by atoms with van der Waals surface area (Å²) < 4.78 is 0. The Balaban J connectivity index is 1.76. The minimum Gasteiger partial charge on any atom is -0.395 e. The highest BCUT2D eigenvalue weighted by molar-refractivity contribution is 6.35. The molecule has 2 aliphatic rings. The number of aliphatic hydroxyl groups is 1. The third-order valence-electron chi connectivity index (χ3n) is 5.71. The first-order valence-electron chi connectivity index (χ1n) is 10.6. The van der Waals surface area contributed by atoms with Gasteiger partial charge in [0.1, 0.15) is 0 Å². The zero-order chi connectivity index (χ0) is 18.6. The molecule has 0 aromatic carbocycles. The highest BCUT2D eigenvalue weighted by Gasteiger charge is 2.27. The Hall–Kier alpha value is -1.14. The van der Waals surface area contributed by atoms with Crippen LogP contribution in [0.5, 0.6) is 0 Å². The Morgan fingerprint density at radius 1 is 0.808 bits per heavy atom. The van der Waals surface area contributed by atoms with Crippen molar-refractivity contribution in [3.63, 3.8) is 0 Å². The van der Waals surface area contributed by atoms with E-state index < -0.39 is 5.91 Å². The van der Waals surface area contributed by atoms with Crippen LogP contribution >= 0.6 is 0 Å². The van der Waals surface area contributed by atoms with E-state index in [0.717, 1.165) is 38.8 Å². The van der Waals surface area contributed by atoms with Gasteiger partial charge in [-0.1, -0.05) is 57.8 Å². The van der Waals surface area contributed by atoms with E-state index in [9.17, 15) is 9.59 Å². The molecule has 26 heavy (non-hydrogen) atoms. The largest absolute Gasteiger partial charge is 0.395 e. The van der Waals surface area contributed by atoms with Gasteiger partial charge in [0, 0.05) is 38.8 Å². The molecular formula is C20H37N3O3. The number of β-amino-alcohol motifs (C(OH)–C–C–N with tert-alkyl or cyclic N) is 1. The lowest BCUT2D eigenvalue weighted by atomic mass is 9.98. The molecule has 2 amide bonds. The van der Waals surface area contributed by atoms with Crippen LogP contribution in [0.4, 0.5) is 0 Å². The van der Waals surface area contributed by atoms with Crippen molar-refractivity contribution in [2.75, 3.05) is 39.3 Å². The minimum atomic E-state index is -0.433. The molecule has 0 aromatic rings. The van der Waals surface area contributed by atoms with Crippen LogP contribution in [0.15, 0.2) is 0 Å². The second-order valence-corrected chi connectivity index (χ2v) is 7.79. The van der Waals surface area contributed by atoms with Gasteiger partial charge in [-0.05, 0) is 12.8 Å². The molecule has 2 fully saturated rings. The van der Waals surface area contributed by atoms with E-state index in [1.165, 1.54) is 44.9 Å². The zero-order valence-electron chi connectivity index (χ0n) is 16.3. The monoisotopic (exact) mass is 367 g/mol. The fraction of sp³-hybridized carbons (Fsp3) is 0.900. The first kappa shape index (κ1) is 21.2. The molecule has 2 rings (SSSR count). The number of carbonyl (C=O) groups excluding carboxylic acids is 2. The first-order chi connectivity index (χ1) is 12.7. The standard InChI is InChI=1S/C20H37N3O3/c24-17-16-22-12-14-23(15-13-22)20(26)19(25)21-18-10-8-6-4-2-1-3-5-7-9-11-18/h18,24H,1-17H2,(H,21,25). The summed E-state index contributed by atoms with van der Waals surface area (Å²) in [5.41, 5.74) is 0. The highest BCUT2D eigenvalue weighted by Crippen LogP contribution is 2.17. The molecule has 0 aromatic heterocycles. The Morgan fingerprint density at radius 3 is 1.81 bits per heavy atom. The normalized spacial score (nSPS) is 22.3. The lowest BCUT2D eigenvalue weighted by molar-refractivity contribution is -0.147. The number of amides is 2. The molecule has 1 aliphatic carbocycles. The molecule has 1 aliphatic heterocycles. The Bertz CT molecular complexity index is 411. The van der Waals surface area contributed by atoms with Gasteiger partial charge in [-0.25, -0.2) is 0 Å². The van der Waals surface area contributed by atoms with Crippen molar-refractivity contribution in [2.45, 2.75) is 76.7 Å². The third-order valence-corrected chi connectivity index (χ3v) is 5.71. The lowest BCUT2D eigenvalue weighted by Gasteiger charge is -2.34. The van der Waals surface area contributed by atoms with Gasteiger partial charge in [0.15, 0.2) is 0 Å². The summed E-state index contributed by atoms with van der Waals surface area (Å²) >= 11 is 0. The van der Waals surface area contributed by atoms with Gasteiger partial charge in [-0.15, -0.1) is 0 Å². The number of hydrogen-bond acceptors (Lipinski definition) is 4. The summed E-state index contributed by atoms with van der Waals surface area (Å²) in [5, 5.41) is 12.0. The quantitative estimate of drug-likeness (QED) is 0.748. The van der Waals surface area contributed by atoms with Crippen LogP contribution in [-0.4, -0.2) is 72.1 Å². The van der Waals surface area contributed by atoms with Crippen LogP contribution in [0, 0.1) is 0 Å². The molecule has 0 spiro atoms. The number of nitrogens with one attached hydrogen (secondary N) is 1. The maximum atomic E-state index is 12.5. The predicted octanol–water partition coefficient (Wildman–Crippen LogP) is 1.91. The molecular weight excluding hydrogens is 330 g/mol. The summed E-state index contributed by atoms with van der Waals surface area (Å²) in [6.45, 7) is 3.35. The fourth-order valence-corrected chi connectivity index (χ4v) is 4.01. The molecule has 2 N–H and O–H groups in total. The second-order valence-electron chi connectivity index (χ2n) is 7.79. The highest BCUT2D eigenvalue weighted by atomic mass is 16.3. The number of aliphatic hydroxyl groups excluding tert-OH is 1. The van der Waals surface area contributed by atoms with Gasteiger partial charge >= 0.3 is 11.8 Å². The number of rotatable bonds is 3. The van der Waals surface area contributed by atoms with E-state index in [0.29, 0.717) is 19.6 Å². The van der Waals surface area contributed by atoms with Crippen molar-refractivity contribution in [3.05, 3.63) is 0 Å². The maximum absolute atomic E-state index is 12.5. The van der Waals surface area contributed by atoms with E-state index in [4.69, 9.17) is 5.11 Å². The smallest absolute Gasteiger partial charge is 0.311 e. The fourth-order valence-electron chi connectivity index (χ4n) is 4.01. The molecule has 0 unspecified atom stereocenters. The van der Waals surface area contributed by atoms with Crippen molar-refractivity contribution in [1.82, 2.24) is 15.1 Å². The first-order valence-corrected chi connectivity index (χ1v) is 10.6. The van der Waals surface area contributed by atoms with Crippen molar-refractivity contribution in [2.24, 2.45) is 0 Å². The van der Waals surface area contributed by atoms with Crippen LogP contribution in [-0.2, 0) is 9.59 Å². The lowest BCUT2D eigenvalue weighted by Crippen LogP contribution is -2.54. The topological polar surface area (TPSA) is 72.9 Å². The van der Waals surface area contributed by atoms with Crippen molar-refractivity contribution in [3.8, 4) is 0 Å². The third kappa shape index (κ3) is 7.62. The minimum absolute atomic E-state index is 0.135. The summed E-state index contributed by atoms with van der Waals surface area (Å²) in [6.07, 6.45) is 13.3. The Kier molecular flexibility index (Phi) is 10.00. The van der Waals surface area contributed by atoms with Crippen molar-refractivity contribution >= 4 is 11.8 Å². The molecule has 6 heteroatoms. The number of nitrogens with zero attached hydrogens (tertiary/aromatic N) is 2. The van der Waals surface area contributed by atoms with E-state index in [-0.39, 0.29) is 18.6 Å². The summed E-state index contributed by atoms with van der Waals surface area (Å²) in [7, 11) is 0. The second kappa shape index (κ2) is 12.3. The zero-order valence-corrected chi connectivity index (χ0v) is 16.3. The van der Waals surface area contributed by atoms with E-state index in [1.807, 2.05) is 0 Å². The molecule has 6 nitrogen and oxygen atoms in total. The molecule has 0 bridgehead atoms. The summed E-state index contributed by atoms with van der Waals surface area (Å²) in [4.78, 5) is 28.7. The van der Waals surface area contributed by atoms with Crippen molar-refractivity contribution in [1.29, 1.82) is 0 Å². The number of carbonyl (C=O) groups is 2. The van der Waals surface area contributed by atoms with Gasteiger partial charge in [0.25, 0.3) is 0 Å². The van der Waals surface area contributed by atoms with Crippen molar-refractivity contribution < 1.29 is 14.7 Å². The average Bonchev–Trinajstić information content (AvgIpc) is 2.64. The van der Waals surface area contributed by atoms with E-state index in [2.05, 4.69) is 10.2 Å². The molecule has 0 radical (unpaired) electrons. The molecule has 1 saturated carbocycles. The van der Waals surface area contributed by atoms with Crippen LogP contribution in [0.25, 0.3) is 0 Å². The van der Waals surface area contributed by atoms with Gasteiger partial charge < -0.3 is 15.3 Å². The Labute approximate surface area is 158 Å². The average molecular weight is 368 g/mol. The van der Waals surface area contributed by atoms with Gasteiger partial charge in [-0.2, -0.15) is 0 Å². The van der Waals surface area contributed by atoms with Crippen LogP contribution in [0.2, 0.25) is 0 Å². The number of piperazine rings is 1. The molecule has 0 atom stereocenters. The van der Waals surface area contributed by atoms with Crippen LogP contribution in [0.1, 0.15) is 70.6 Å². The van der Waals surface area contributed by atoms with Gasteiger partial charge in [0.05, 0.1) is 6.61 Å². The summed E-state index contributed by atoms with van der Waals surface area (Å²) in [5.74, 6) is -0.822. The van der Waals surface area contributed by atoms with Gasteiger partial charge in [0.2, 0.25) is 0 Å². The molecule has 1 saturated heterocycles. The summed E-state index contributed by atoms with van der Waals surface area (Å²) in [6, 6.07) is 0.140. The van der Waals surface area contributed by atoms with E-state index in [1.54, 1.807) is 4.90 Å². The molecule has 150 valence electrons. The predicted molar refractivity (Wildman–Crippen MR) is 103 cm³/mol. The Morgan fingerprint density at radius 2 is 1.31 bits per heavy atom. The van der Waals surface area contributed by atoms with Gasteiger partial charge in [-0.3, -0.25) is 14.5 Å².